The zero-order valence-corrected chi connectivity index (χ0v) is 11.7. The molecular weight excluding hydrogens is 232 g/mol. The van der Waals surface area contributed by atoms with Crippen molar-refractivity contribution in [3.63, 3.8) is 0 Å². The summed E-state index contributed by atoms with van der Waals surface area (Å²) in [6, 6.07) is 10.00. The van der Waals surface area contributed by atoms with Crippen LogP contribution in [0.3, 0.4) is 0 Å². The fourth-order valence-corrected chi connectivity index (χ4v) is 4.62. The SMILES string of the molecule is c1ccc2c(c1)[C@@H](N1CCCC1)CC21CCNCC1. The maximum absolute atomic E-state index is 3.54. The zero-order valence-electron chi connectivity index (χ0n) is 11.7. The summed E-state index contributed by atoms with van der Waals surface area (Å²) in [5.74, 6) is 0. The Kier molecular flexibility index (Phi) is 2.89. The monoisotopic (exact) mass is 256 g/mol. The summed E-state index contributed by atoms with van der Waals surface area (Å²) >= 11 is 0. The van der Waals surface area contributed by atoms with E-state index in [-0.39, 0.29) is 0 Å². The average Bonchev–Trinajstić information content (AvgIpc) is 3.08. The predicted octanol–water partition coefficient (Wildman–Crippen LogP) is 2.85. The summed E-state index contributed by atoms with van der Waals surface area (Å²) in [5, 5.41) is 3.54. The third-order valence-corrected chi connectivity index (χ3v) is 5.62. The van der Waals surface area contributed by atoms with Gasteiger partial charge in [-0.05, 0) is 74.8 Å². The van der Waals surface area contributed by atoms with Crippen LogP contribution in [0.2, 0.25) is 0 Å². The standard InChI is InChI=1S/C17H24N2/c1-2-6-15-14(5-1)16(19-11-3-4-12-19)13-17(15)7-9-18-10-8-17/h1-2,5-6,16,18H,3-4,7-13H2/t16-/m0/s1. The first-order valence-corrected chi connectivity index (χ1v) is 7.93. The van der Waals surface area contributed by atoms with Gasteiger partial charge in [-0.15, -0.1) is 0 Å². The fraction of sp³-hybridized carbons (Fsp3) is 0.647. The lowest BCUT2D eigenvalue weighted by Crippen LogP contribution is -2.39. The van der Waals surface area contributed by atoms with E-state index in [9.17, 15) is 0 Å². The molecule has 0 radical (unpaired) electrons. The van der Waals surface area contributed by atoms with Gasteiger partial charge in [-0.2, -0.15) is 0 Å². The highest BCUT2D eigenvalue weighted by Crippen LogP contribution is 2.52. The van der Waals surface area contributed by atoms with Crippen LogP contribution in [0.5, 0.6) is 0 Å². The lowest BCUT2D eigenvalue weighted by atomic mass is 9.74. The van der Waals surface area contributed by atoms with Crippen LogP contribution < -0.4 is 5.32 Å². The third-order valence-electron chi connectivity index (χ3n) is 5.62. The number of rotatable bonds is 1. The van der Waals surface area contributed by atoms with Crippen molar-refractivity contribution < 1.29 is 0 Å². The van der Waals surface area contributed by atoms with Crippen LogP contribution in [0.1, 0.15) is 49.3 Å². The average molecular weight is 256 g/mol. The summed E-state index contributed by atoms with van der Waals surface area (Å²) in [6.45, 7) is 5.02. The molecule has 2 aliphatic heterocycles. The Morgan fingerprint density at radius 2 is 1.79 bits per heavy atom. The minimum atomic E-state index is 0.481. The van der Waals surface area contributed by atoms with Crippen LogP contribution in [0.15, 0.2) is 24.3 Å². The Morgan fingerprint density at radius 1 is 1.05 bits per heavy atom. The molecular formula is C17H24N2. The van der Waals surface area contributed by atoms with Crippen LogP contribution in [0, 0.1) is 0 Å². The number of hydrogen-bond donors (Lipinski definition) is 1. The highest BCUT2D eigenvalue weighted by Gasteiger charge is 2.45. The van der Waals surface area contributed by atoms with Crippen molar-refractivity contribution in [3.8, 4) is 0 Å². The van der Waals surface area contributed by atoms with Crippen molar-refractivity contribution in [1.29, 1.82) is 0 Å². The molecule has 19 heavy (non-hydrogen) atoms. The second-order valence-electron chi connectivity index (χ2n) is 6.58. The molecule has 1 atom stereocenters. The molecule has 2 nitrogen and oxygen atoms in total. The van der Waals surface area contributed by atoms with Crippen LogP contribution in [-0.4, -0.2) is 31.1 Å². The molecule has 1 aromatic rings. The molecule has 2 fully saturated rings. The van der Waals surface area contributed by atoms with E-state index in [4.69, 9.17) is 0 Å². The Bertz CT molecular complexity index is 456. The number of fused-ring (bicyclic) bond motifs is 2. The van der Waals surface area contributed by atoms with Crippen molar-refractivity contribution in [3.05, 3.63) is 35.4 Å². The van der Waals surface area contributed by atoms with Gasteiger partial charge < -0.3 is 5.32 Å². The van der Waals surface area contributed by atoms with Crippen molar-refractivity contribution in [2.75, 3.05) is 26.2 Å². The summed E-state index contributed by atoms with van der Waals surface area (Å²) in [5.41, 5.74) is 3.80. The normalized spacial score (nSPS) is 29.8. The smallest absolute Gasteiger partial charge is 0.0359 e. The van der Waals surface area contributed by atoms with E-state index in [2.05, 4.69) is 34.5 Å². The molecule has 0 amide bonds. The number of benzene rings is 1. The summed E-state index contributed by atoms with van der Waals surface area (Å²) in [4.78, 5) is 2.75. The molecule has 1 aliphatic carbocycles. The van der Waals surface area contributed by atoms with Crippen molar-refractivity contribution in [2.24, 2.45) is 0 Å². The quantitative estimate of drug-likeness (QED) is 0.831. The number of nitrogens with zero attached hydrogens (tertiary/aromatic N) is 1. The Hall–Kier alpha value is -0.860. The van der Waals surface area contributed by atoms with Gasteiger partial charge in [-0.3, -0.25) is 4.90 Å². The highest BCUT2D eigenvalue weighted by atomic mass is 15.2. The first-order valence-electron chi connectivity index (χ1n) is 7.93. The van der Waals surface area contributed by atoms with Crippen LogP contribution in [0.25, 0.3) is 0 Å². The molecule has 1 N–H and O–H groups in total. The topological polar surface area (TPSA) is 15.3 Å². The third kappa shape index (κ3) is 1.85. The summed E-state index contributed by atoms with van der Waals surface area (Å²) < 4.78 is 0. The van der Waals surface area contributed by atoms with Crippen molar-refractivity contribution in [2.45, 2.75) is 43.6 Å². The van der Waals surface area contributed by atoms with E-state index in [1.807, 2.05) is 0 Å². The predicted molar refractivity (Wildman–Crippen MR) is 78.4 cm³/mol. The van der Waals surface area contributed by atoms with Gasteiger partial charge in [0.15, 0.2) is 0 Å². The first-order chi connectivity index (χ1) is 9.39. The molecule has 2 heterocycles. The number of piperidine rings is 1. The lowest BCUT2D eigenvalue weighted by molar-refractivity contribution is 0.195. The van der Waals surface area contributed by atoms with Gasteiger partial charge in [0.05, 0.1) is 0 Å². The molecule has 3 aliphatic rings. The largest absolute Gasteiger partial charge is 0.317 e. The lowest BCUT2D eigenvalue weighted by Gasteiger charge is -2.36. The summed E-state index contributed by atoms with van der Waals surface area (Å²) in [7, 11) is 0. The van der Waals surface area contributed by atoms with Gasteiger partial charge in [0, 0.05) is 6.04 Å². The van der Waals surface area contributed by atoms with E-state index in [0.29, 0.717) is 11.5 Å². The van der Waals surface area contributed by atoms with Gasteiger partial charge in [0.1, 0.15) is 0 Å². The molecule has 2 heteroatoms. The minimum absolute atomic E-state index is 0.481. The molecule has 0 bridgehead atoms. The highest BCUT2D eigenvalue weighted by molar-refractivity contribution is 5.43. The van der Waals surface area contributed by atoms with Crippen LogP contribution in [-0.2, 0) is 5.41 Å². The van der Waals surface area contributed by atoms with Crippen LogP contribution >= 0.6 is 0 Å². The first kappa shape index (κ1) is 11.9. The molecule has 0 unspecified atom stereocenters. The van der Waals surface area contributed by atoms with Gasteiger partial charge >= 0.3 is 0 Å². The molecule has 4 rings (SSSR count). The van der Waals surface area contributed by atoms with Gasteiger partial charge in [-0.25, -0.2) is 0 Å². The molecule has 0 saturated carbocycles. The molecule has 0 aromatic heterocycles. The van der Waals surface area contributed by atoms with E-state index in [1.165, 1.54) is 58.3 Å². The Balaban J connectivity index is 1.73. The fourth-order valence-electron chi connectivity index (χ4n) is 4.62. The van der Waals surface area contributed by atoms with E-state index < -0.39 is 0 Å². The molecule has 1 spiro atoms. The molecule has 102 valence electrons. The summed E-state index contributed by atoms with van der Waals surface area (Å²) in [6.07, 6.45) is 6.82. The maximum Gasteiger partial charge on any atom is 0.0359 e. The van der Waals surface area contributed by atoms with E-state index >= 15 is 0 Å². The minimum Gasteiger partial charge on any atom is -0.317 e. The van der Waals surface area contributed by atoms with Crippen LogP contribution in [0.4, 0.5) is 0 Å². The van der Waals surface area contributed by atoms with Gasteiger partial charge in [0.25, 0.3) is 0 Å². The molecule has 1 aromatic carbocycles. The Morgan fingerprint density at radius 3 is 2.58 bits per heavy atom. The second kappa shape index (κ2) is 4.60. The number of nitrogens with one attached hydrogen (secondary N) is 1. The second-order valence-corrected chi connectivity index (χ2v) is 6.58. The number of hydrogen-bond acceptors (Lipinski definition) is 2. The van der Waals surface area contributed by atoms with E-state index in [0.717, 1.165) is 0 Å². The molecule has 2 saturated heterocycles. The van der Waals surface area contributed by atoms with Gasteiger partial charge in [0.2, 0.25) is 0 Å². The zero-order chi connectivity index (χ0) is 12.7. The van der Waals surface area contributed by atoms with Crippen molar-refractivity contribution in [1.82, 2.24) is 10.2 Å². The Labute approximate surface area is 116 Å². The number of likely N-dealkylation sites (tertiary alicyclic amines) is 1. The maximum atomic E-state index is 3.54. The van der Waals surface area contributed by atoms with Crippen molar-refractivity contribution >= 4 is 0 Å². The van der Waals surface area contributed by atoms with E-state index in [1.54, 1.807) is 11.1 Å². The van der Waals surface area contributed by atoms with Gasteiger partial charge in [-0.1, -0.05) is 24.3 Å².